The molecule has 3 aromatic heterocycles. The summed E-state index contributed by atoms with van der Waals surface area (Å²) in [5, 5.41) is 34.2. The molecule has 12 heteroatoms. The summed E-state index contributed by atoms with van der Waals surface area (Å²) < 4.78 is 2.22. The van der Waals surface area contributed by atoms with Crippen LogP contribution in [0.5, 0.6) is 0 Å². The minimum atomic E-state index is -1.24. The smallest absolute Gasteiger partial charge is 0.543 e. The zero-order valence-corrected chi connectivity index (χ0v) is 29.2. The van der Waals surface area contributed by atoms with E-state index in [1.807, 2.05) is 61.5 Å². The Kier molecular flexibility index (Phi) is 13.8. The Hall–Kier alpha value is -5.61. The van der Waals surface area contributed by atoms with Crippen molar-refractivity contribution >= 4 is 56.5 Å². The third-order valence-corrected chi connectivity index (χ3v) is 7.03. The van der Waals surface area contributed by atoms with Crippen molar-refractivity contribution < 1.29 is 53.8 Å². The Balaban J connectivity index is 0.000000175. The summed E-state index contributed by atoms with van der Waals surface area (Å²) in [6, 6.07) is 31.5. The van der Waals surface area contributed by atoms with E-state index in [1.165, 1.54) is 44.1 Å². The van der Waals surface area contributed by atoms with Gasteiger partial charge in [0.1, 0.15) is 0 Å². The van der Waals surface area contributed by atoms with E-state index >= 15 is 0 Å². The van der Waals surface area contributed by atoms with Gasteiger partial charge in [0.05, 0.1) is 64.6 Å². The molecule has 3 aromatic carbocycles. The number of nitrogens with two attached hydrogens (primary N) is 1. The van der Waals surface area contributed by atoms with Gasteiger partial charge in [-0.05, 0) is 49.2 Å². The van der Waals surface area contributed by atoms with Crippen LogP contribution in [0.1, 0.15) is 51.2 Å². The third-order valence-electron chi connectivity index (χ3n) is 7.03. The largest absolute Gasteiger partial charge is 2.00 e. The first kappa shape index (κ1) is 36.9. The summed E-state index contributed by atoms with van der Waals surface area (Å²) in [7, 11) is 0. The van der Waals surface area contributed by atoms with Crippen molar-refractivity contribution in [3.63, 3.8) is 0 Å². The van der Waals surface area contributed by atoms with Crippen LogP contribution < -0.4 is 21.1 Å². The number of carbonyl (C=O) groups excluding carboxylic acids is 3. The van der Waals surface area contributed by atoms with E-state index in [9.17, 15) is 29.7 Å². The van der Waals surface area contributed by atoms with Gasteiger partial charge in [-0.2, -0.15) is 0 Å². The number of carbonyl (C=O) groups is 3. The van der Waals surface area contributed by atoms with Crippen LogP contribution >= 0.6 is 0 Å². The molecule has 48 heavy (non-hydrogen) atoms. The minimum absolute atomic E-state index is 0. The van der Waals surface area contributed by atoms with Gasteiger partial charge in [0.25, 0.3) is 0 Å². The van der Waals surface area contributed by atoms with E-state index in [4.69, 9.17) is 5.73 Å². The molecule has 1 aliphatic heterocycles. The summed E-state index contributed by atoms with van der Waals surface area (Å²) in [4.78, 5) is 43.2. The van der Waals surface area contributed by atoms with Gasteiger partial charge in [-0.25, -0.2) is 15.0 Å². The maximum atomic E-state index is 10.5. The van der Waals surface area contributed by atoms with E-state index in [0.29, 0.717) is 16.6 Å². The molecular formula is C36H31N5O6Zn. The van der Waals surface area contributed by atoms with E-state index in [2.05, 4.69) is 19.5 Å². The van der Waals surface area contributed by atoms with Gasteiger partial charge in [-0.3, -0.25) is 10.3 Å². The van der Waals surface area contributed by atoms with Crippen LogP contribution in [0.4, 0.5) is 0 Å². The third kappa shape index (κ3) is 10.5. The molecule has 1 aliphatic rings. The summed E-state index contributed by atoms with van der Waals surface area (Å²) in [5.41, 5.74) is 7.47. The van der Waals surface area contributed by atoms with E-state index in [1.54, 1.807) is 36.4 Å². The quantitative estimate of drug-likeness (QED) is 0.163. The summed E-state index contributed by atoms with van der Waals surface area (Å²) in [5.74, 6) is -2.76. The fourth-order valence-corrected chi connectivity index (χ4v) is 4.61. The summed E-state index contributed by atoms with van der Waals surface area (Å²) >= 11 is 0. The van der Waals surface area contributed by atoms with Crippen molar-refractivity contribution in [1.82, 2.24) is 15.0 Å². The van der Waals surface area contributed by atoms with Gasteiger partial charge >= 0.3 is 19.5 Å². The zero-order valence-electron chi connectivity index (χ0n) is 26.2. The van der Waals surface area contributed by atoms with Crippen LogP contribution in [-0.2, 0) is 19.5 Å². The number of aromatic carboxylic acids is 3. The van der Waals surface area contributed by atoms with Crippen molar-refractivity contribution in [2.75, 3.05) is 13.1 Å². The van der Waals surface area contributed by atoms with Crippen LogP contribution in [0.2, 0.25) is 0 Å². The van der Waals surface area contributed by atoms with Crippen LogP contribution in [0.3, 0.4) is 0 Å². The zero-order chi connectivity index (χ0) is 33.8. The fraction of sp³-hybridized carbons (Fsp3) is 0.139. The van der Waals surface area contributed by atoms with Gasteiger partial charge in [0.15, 0.2) is 0 Å². The average Bonchev–Trinajstić information content (AvgIpc) is 3.64. The second kappa shape index (κ2) is 17.9. The normalized spacial score (nSPS) is 11.5. The molecule has 0 spiro atoms. The SMILES string of the molecule is CC(N)=[N+]1CCCC1.O=C([O-])c1ccc2ccccc2n1.O=C([O-])c1ccc2ccccc2n1.O=C([O-])c1ccc2ccccc2n1.[Zn+2]. The van der Waals surface area contributed by atoms with Crippen molar-refractivity contribution in [2.45, 2.75) is 19.8 Å². The molecule has 4 heterocycles. The molecular weight excluding hydrogens is 664 g/mol. The maximum absolute atomic E-state index is 10.5. The monoisotopic (exact) mass is 693 g/mol. The number of benzene rings is 3. The van der Waals surface area contributed by atoms with Crippen LogP contribution in [0.15, 0.2) is 109 Å². The number of aromatic nitrogens is 3. The number of amidine groups is 1. The number of rotatable bonds is 3. The average molecular weight is 695 g/mol. The minimum Gasteiger partial charge on any atom is -0.543 e. The van der Waals surface area contributed by atoms with Gasteiger partial charge in [-0.1, -0.05) is 72.8 Å². The molecule has 0 unspecified atom stereocenters. The standard InChI is InChI=1S/3C10H7NO2.C6H12N2.Zn/c3*12-10(13)9-6-5-7-3-1-2-4-8(7)11-9;1-6(7)8-4-2-3-5-8;/h3*1-6H,(H,12,13);7H,2-5H2,1H3;/q;;;;+2/p-2. The number of pyridine rings is 3. The Morgan fingerprint density at radius 3 is 1.08 bits per heavy atom. The molecule has 1 fully saturated rings. The van der Waals surface area contributed by atoms with Gasteiger partial charge in [0, 0.05) is 23.1 Å². The van der Waals surface area contributed by atoms with E-state index in [-0.39, 0.29) is 36.6 Å². The molecule has 1 saturated heterocycles. The number of nitrogens with zero attached hydrogens (tertiary/aromatic N) is 4. The number of fused-ring (bicyclic) bond motifs is 3. The first-order valence-corrected chi connectivity index (χ1v) is 14.7. The molecule has 238 valence electrons. The first-order valence-electron chi connectivity index (χ1n) is 14.7. The number of hydrogen-bond acceptors (Lipinski definition) is 9. The predicted molar refractivity (Wildman–Crippen MR) is 172 cm³/mol. The molecule has 0 saturated carbocycles. The topological polar surface area (TPSA) is 188 Å². The predicted octanol–water partition coefficient (Wildman–Crippen LogP) is 1.96. The fourth-order valence-electron chi connectivity index (χ4n) is 4.61. The molecule has 0 amide bonds. The summed E-state index contributed by atoms with van der Waals surface area (Å²) in [6.07, 6.45) is 2.63. The Morgan fingerprint density at radius 2 is 0.833 bits per heavy atom. The molecule has 6 aromatic rings. The summed E-state index contributed by atoms with van der Waals surface area (Å²) in [6.45, 7) is 4.30. The second-order valence-electron chi connectivity index (χ2n) is 10.4. The van der Waals surface area contributed by atoms with Crippen LogP contribution in [0.25, 0.3) is 32.7 Å². The molecule has 0 aliphatic carbocycles. The number of carboxylic acid groups (broad SMARTS) is 3. The van der Waals surface area contributed by atoms with Crippen molar-refractivity contribution in [2.24, 2.45) is 5.73 Å². The Bertz CT molecular complexity index is 1860. The molecule has 0 atom stereocenters. The molecule has 0 radical (unpaired) electrons. The van der Waals surface area contributed by atoms with Crippen LogP contribution in [0, 0.1) is 0 Å². The Labute approximate surface area is 289 Å². The maximum Gasteiger partial charge on any atom is 2.00 e. The number of carboxylic acids is 3. The van der Waals surface area contributed by atoms with Crippen molar-refractivity contribution in [3.05, 3.63) is 126 Å². The Morgan fingerprint density at radius 1 is 0.542 bits per heavy atom. The first-order chi connectivity index (χ1) is 22.6. The van der Waals surface area contributed by atoms with Gasteiger partial charge in [-0.15, -0.1) is 0 Å². The van der Waals surface area contributed by atoms with Crippen LogP contribution in [-0.4, -0.2) is 56.4 Å². The molecule has 0 bridgehead atoms. The second-order valence-corrected chi connectivity index (χ2v) is 10.4. The molecule has 11 nitrogen and oxygen atoms in total. The molecule has 2 N–H and O–H groups in total. The van der Waals surface area contributed by atoms with Crippen molar-refractivity contribution in [3.8, 4) is 0 Å². The number of para-hydroxylation sites is 3. The van der Waals surface area contributed by atoms with E-state index < -0.39 is 17.9 Å². The molecule has 7 rings (SSSR count). The van der Waals surface area contributed by atoms with Gasteiger partial charge < -0.3 is 29.7 Å². The van der Waals surface area contributed by atoms with Crippen molar-refractivity contribution in [1.29, 1.82) is 0 Å². The van der Waals surface area contributed by atoms with E-state index in [0.717, 1.165) is 22.0 Å². The van der Waals surface area contributed by atoms with Gasteiger partial charge in [0.2, 0.25) is 5.84 Å². The number of hydrogen-bond donors (Lipinski definition) is 1.